The van der Waals surface area contributed by atoms with Crippen molar-refractivity contribution in [3.05, 3.63) is 77.4 Å². The standard InChI is InChI=1S/C21H17F2N5O2/c1-27-11-12(9-25-27)18-21(14-4-2-3-5-16(14)26-20(21)30)6-7-28(18)19(29)17-15(23)8-13(22)10-24-17/h2-5,8-11,18H,6-7H2,1H3,(H,26,30)/t18-,21+/m0/s1. The summed E-state index contributed by atoms with van der Waals surface area (Å²) in [6, 6.07) is 7.26. The number of carbonyl (C=O) groups is 2. The highest BCUT2D eigenvalue weighted by atomic mass is 19.1. The molecule has 1 aromatic carbocycles. The Hall–Kier alpha value is -3.62. The van der Waals surface area contributed by atoms with Crippen LogP contribution in [0, 0.1) is 11.6 Å². The van der Waals surface area contributed by atoms with Gasteiger partial charge in [-0.25, -0.2) is 13.8 Å². The zero-order chi connectivity index (χ0) is 21.0. The Labute approximate surface area is 170 Å². The maximum Gasteiger partial charge on any atom is 0.276 e. The van der Waals surface area contributed by atoms with E-state index < -0.39 is 34.7 Å². The van der Waals surface area contributed by atoms with Gasteiger partial charge >= 0.3 is 0 Å². The maximum atomic E-state index is 14.3. The lowest BCUT2D eigenvalue weighted by molar-refractivity contribution is -0.121. The smallest absolute Gasteiger partial charge is 0.276 e. The molecule has 30 heavy (non-hydrogen) atoms. The van der Waals surface area contributed by atoms with Gasteiger partial charge in [0.15, 0.2) is 11.5 Å². The maximum absolute atomic E-state index is 14.3. The van der Waals surface area contributed by atoms with E-state index in [0.29, 0.717) is 23.7 Å². The number of aromatic nitrogens is 3. The molecule has 0 radical (unpaired) electrons. The topological polar surface area (TPSA) is 80.1 Å². The van der Waals surface area contributed by atoms with Gasteiger partial charge in [0.25, 0.3) is 5.91 Å². The summed E-state index contributed by atoms with van der Waals surface area (Å²) in [7, 11) is 1.74. The minimum absolute atomic E-state index is 0.207. The summed E-state index contributed by atoms with van der Waals surface area (Å²) in [5.74, 6) is -2.83. The first-order valence-corrected chi connectivity index (χ1v) is 9.43. The second-order valence-electron chi connectivity index (χ2n) is 7.55. The normalized spacial score (nSPS) is 22.4. The number of carbonyl (C=O) groups excluding carboxylic acids is 2. The van der Waals surface area contributed by atoms with Crippen LogP contribution in [0.1, 0.15) is 34.1 Å². The Kier molecular flexibility index (Phi) is 3.96. The number of nitrogens with zero attached hydrogens (tertiary/aromatic N) is 4. The fourth-order valence-electron chi connectivity index (χ4n) is 4.66. The molecule has 2 atom stereocenters. The van der Waals surface area contributed by atoms with Crippen molar-refractivity contribution in [2.75, 3.05) is 11.9 Å². The molecule has 0 aliphatic carbocycles. The number of fused-ring (bicyclic) bond motifs is 2. The average Bonchev–Trinajstić information content (AvgIpc) is 3.39. The van der Waals surface area contributed by atoms with Gasteiger partial charge in [-0.1, -0.05) is 18.2 Å². The minimum atomic E-state index is -1.04. The van der Waals surface area contributed by atoms with Crippen molar-refractivity contribution < 1.29 is 18.4 Å². The van der Waals surface area contributed by atoms with Crippen LogP contribution in [0.25, 0.3) is 0 Å². The van der Waals surface area contributed by atoms with Crippen LogP contribution in [0.5, 0.6) is 0 Å². The Balaban J connectivity index is 1.66. The van der Waals surface area contributed by atoms with Crippen LogP contribution in [0.4, 0.5) is 14.5 Å². The average molecular weight is 409 g/mol. The molecule has 1 fully saturated rings. The molecule has 2 aliphatic heterocycles. The molecular weight excluding hydrogens is 392 g/mol. The molecule has 7 nitrogen and oxygen atoms in total. The first-order valence-electron chi connectivity index (χ1n) is 9.43. The Morgan fingerprint density at radius 2 is 2.07 bits per heavy atom. The lowest BCUT2D eigenvalue weighted by Crippen LogP contribution is -2.42. The Morgan fingerprint density at radius 3 is 2.80 bits per heavy atom. The van der Waals surface area contributed by atoms with Crippen LogP contribution in [0.3, 0.4) is 0 Å². The van der Waals surface area contributed by atoms with Crippen LogP contribution in [-0.2, 0) is 17.3 Å². The van der Waals surface area contributed by atoms with Gasteiger partial charge in [0.05, 0.1) is 18.4 Å². The van der Waals surface area contributed by atoms with Crippen molar-refractivity contribution in [2.24, 2.45) is 7.05 Å². The third-order valence-electron chi connectivity index (χ3n) is 5.90. The number of anilines is 1. The van der Waals surface area contributed by atoms with Crippen molar-refractivity contribution in [1.29, 1.82) is 0 Å². The summed E-state index contributed by atoms with van der Waals surface area (Å²) in [6.45, 7) is 0.207. The van der Waals surface area contributed by atoms with E-state index >= 15 is 0 Å². The number of amides is 2. The highest BCUT2D eigenvalue weighted by Gasteiger charge is 2.59. The van der Waals surface area contributed by atoms with Gasteiger partial charge in [-0.15, -0.1) is 0 Å². The van der Waals surface area contributed by atoms with Crippen LogP contribution in [0.2, 0.25) is 0 Å². The summed E-state index contributed by atoms with van der Waals surface area (Å²) in [6.07, 6.45) is 4.49. The van der Waals surface area contributed by atoms with Crippen LogP contribution < -0.4 is 5.32 Å². The molecule has 0 unspecified atom stereocenters. The number of para-hydroxylation sites is 1. The van der Waals surface area contributed by atoms with Gasteiger partial charge < -0.3 is 10.2 Å². The van der Waals surface area contributed by atoms with Crippen molar-refractivity contribution >= 4 is 17.5 Å². The van der Waals surface area contributed by atoms with Gasteiger partial charge in [0.1, 0.15) is 11.2 Å². The molecule has 2 amide bonds. The summed E-state index contributed by atoms with van der Waals surface area (Å²) >= 11 is 0. The largest absolute Gasteiger partial charge is 0.329 e. The summed E-state index contributed by atoms with van der Waals surface area (Å²) in [5, 5.41) is 7.11. The second kappa shape index (κ2) is 6.45. The van der Waals surface area contributed by atoms with Crippen molar-refractivity contribution in [2.45, 2.75) is 17.9 Å². The van der Waals surface area contributed by atoms with E-state index in [2.05, 4.69) is 15.4 Å². The number of rotatable bonds is 2. The Morgan fingerprint density at radius 1 is 1.27 bits per heavy atom. The van der Waals surface area contributed by atoms with Crippen LogP contribution in [0.15, 0.2) is 48.9 Å². The number of halogens is 2. The fraction of sp³-hybridized carbons (Fsp3) is 0.238. The number of hydrogen-bond donors (Lipinski definition) is 1. The van der Waals surface area contributed by atoms with Crippen molar-refractivity contribution in [3.63, 3.8) is 0 Å². The molecule has 1 N–H and O–H groups in total. The summed E-state index contributed by atoms with van der Waals surface area (Å²) in [5.41, 5.74) is 0.612. The Bertz CT molecular complexity index is 1190. The monoisotopic (exact) mass is 409 g/mol. The lowest BCUT2D eigenvalue weighted by Gasteiger charge is -2.33. The molecular formula is C21H17F2N5O2. The third-order valence-corrected chi connectivity index (χ3v) is 5.90. The SMILES string of the molecule is Cn1cc([C@@H]2N(C(=O)c3ncc(F)cc3F)CC[C@]23C(=O)Nc2ccccc23)cn1. The van der Waals surface area contributed by atoms with Crippen molar-refractivity contribution in [3.8, 4) is 0 Å². The third kappa shape index (κ3) is 2.47. The lowest BCUT2D eigenvalue weighted by atomic mass is 9.73. The summed E-state index contributed by atoms with van der Waals surface area (Å²) in [4.78, 5) is 31.6. The van der Waals surface area contributed by atoms with Gasteiger partial charge in [-0.2, -0.15) is 5.10 Å². The van der Waals surface area contributed by atoms with E-state index in [0.717, 1.165) is 11.8 Å². The van der Waals surface area contributed by atoms with E-state index in [9.17, 15) is 18.4 Å². The minimum Gasteiger partial charge on any atom is -0.329 e. The number of aryl methyl sites for hydroxylation is 1. The summed E-state index contributed by atoms with van der Waals surface area (Å²) < 4.78 is 29.2. The zero-order valence-electron chi connectivity index (χ0n) is 16.0. The molecule has 9 heteroatoms. The molecule has 152 valence electrons. The molecule has 2 aliphatic rings. The van der Waals surface area contributed by atoms with Crippen LogP contribution in [-0.4, -0.2) is 38.0 Å². The number of benzene rings is 1. The van der Waals surface area contributed by atoms with Gasteiger partial charge in [-0.05, 0) is 18.1 Å². The van der Waals surface area contributed by atoms with Crippen molar-refractivity contribution in [1.82, 2.24) is 19.7 Å². The predicted molar refractivity (Wildman–Crippen MR) is 103 cm³/mol. The predicted octanol–water partition coefficient (Wildman–Crippen LogP) is 2.57. The quantitative estimate of drug-likeness (QED) is 0.706. The molecule has 1 saturated heterocycles. The van der Waals surface area contributed by atoms with E-state index in [-0.39, 0.29) is 12.5 Å². The van der Waals surface area contributed by atoms with E-state index in [1.165, 1.54) is 4.90 Å². The molecule has 3 aromatic rings. The van der Waals surface area contributed by atoms with E-state index in [1.807, 2.05) is 24.3 Å². The first kappa shape index (κ1) is 18.4. The van der Waals surface area contributed by atoms with E-state index in [4.69, 9.17) is 0 Å². The molecule has 0 bridgehead atoms. The van der Waals surface area contributed by atoms with Gasteiger partial charge in [0.2, 0.25) is 5.91 Å². The number of nitrogens with one attached hydrogen (secondary N) is 1. The molecule has 1 spiro atoms. The number of pyridine rings is 1. The highest BCUT2D eigenvalue weighted by molar-refractivity contribution is 6.08. The van der Waals surface area contributed by atoms with Crippen LogP contribution >= 0.6 is 0 Å². The highest BCUT2D eigenvalue weighted by Crippen LogP contribution is 2.54. The molecule has 4 heterocycles. The second-order valence-corrected chi connectivity index (χ2v) is 7.55. The molecule has 0 saturated carbocycles. The molecule has 2 aromatic heterocycles. The van der Waals surface area contributed by atoms with E-state index in [1.54, 1.807) is 24.1 Å². The molecule has 5 rings (SSSR count). The van der Waals surface area contributed by atoms with Gasteiger partial charge in [0, 0.05) is 37.1 Å². The zero-order valence-corrected chi connectivity index (χ0v) is 16.0. The number of hydrogen-bond acceptors (Lipinski definition) is 4. The first-order chi connectivity index (χ1) is 14.4. The fourth-order valence-corrected chi connectivity index (χ4v) is 4.66. The van der Waals surface area contributed by atoms with Gasteiger partial charge in [-0.3, -0.25) is 14.3 Å². The number of likely N-dealkylation sites (tertiary alicyclic amines) is 1.